The Balaban J connectivity index is 1.63. The van der Waals surface area contributed by atoms with Gasteiger partial charge in [-0.05, 0) is 43.3 Å². The number of rotatable bonds is 4. The summed E-state index contributed by atoms with van der Waals surface area (Å²) in [4.78, 5) is 25.9. The molecule has 0 aliphatic rings. The lowest BCUT2D eigenvalue weighted by molar-refractivity contribution is 0.415. The average Bonchev–Trinajstić information content (AvgIpc) is 3.41. The Morgan fingerprint density at radius 3 is 2.26 bits per heavy atom. The fraction of sp³-hybridized carbons (Fsp3) is 0.0909. The highest BCUT2D eigenvalue weighted by atomic mass is 19.1. The monoisotopic (exact) mass is 416 g/mol. The molecule has 0 aliphatic carbocycles. The van der Waals surface area contributed by atoms with Crippen molar-refractivity contribution < 1.29 is 9.13 Å². The molecule has 8 nitrogen and oxygen atoms in total. The first-order valence-corrected chi connectivity index (χ1v) is 9.46. The summed E-state index contributed by atoms with van der Waals surface area (Å²) in [5.41, 5.74) is 1.53. The largest absolute Gasteiger partial charge is 0.497 e. The van der Waals surface area contributed by atoms with Crippen LogP contribution in [0.25, 0.3) is 28.2 Å². The lowest BCUT2D eigenvalue weighted by Crippen LogP contribution is -2.21. The molecule has 5 aromatic rings. The van der Waals surface area contributed by atoms with Gasteiger partial charge in [-0.2, -0.15) is 0 Å². The SMILES string of the molecule is COc1ccc(-n2cnc3ncn(-c4ccc(-n5ccnc5C)cc4F)c(=O)c32)cc1. The molecule has 154 valence electrons. The molecule has 5 rings (SSSR count). The van der Waals surface area contributed by atoms with Gasteiger partial charge in [0.15, 0.2) is 11.2 Å². The minimum atomic E-state index is -0.552. The van der Waals surface area contributed by atoms with Crippen LogP contribution in [-0.4, -0.2) is 35.8 Å². The van der Waals surface area contributed by atoms with E-state index in [1.165, 1.54) is 23.3 Å². The molecule has 0 N–H and O–H groups in total. The maximum absolute atomic E-state index is 15.0. The Labute approximate surface area is 175 Å². The smallest absolute Gasteiger partial charge is 0.284 e. The van der Waals surface area contributed by atoms with E-state index in [0.29, 0.717) is 17.1 Å². The Morgan fingerprint density at radius 1 is 0.903 bits per heavy atom. The van der Waals surface area contributed by atoms with Crippen LogP contribution >= 0.6 is 0 Å². The number of fused-ring (bicyclic) bond motifs is 1. The van der Waals surface area contributed by atoms with Gasteiger partial charge >= 0.3 is 0 Å². The van der Waals surface area contributed by atoms with Crippen LogP contribution < -0.4 is 10.3 Å². The number of benzene rings is 2. The summed E-state index contributed by atoms with van der Waals surface area (Å²) in [7, 11) is 1.58. The molecule has 2 aromatic carbocycles. The summed E-state index contributed by atoms with van der Waals surface area (Å²) < 4.78 is 24.8. The van der Waals surface area contributed by atoms with Crippen LogP contribution in [0.1, 0.15) is 5.82 Å². The molecule has 0 bridgehead atoms. The second-order valence-electron chi connectivity index (χ2n) is 6.88. The highest BCUT2D eigenvalue weighted by Crippen LogP contribution is 2.20. The van der Waals surface area contributed by atoms with Gasteiger partial charge in [0.1, 0.15) is 30.0 Å². The first-order valence-electron chi connectivity index (χ1n) is 9.46. The van der Waals surface area contributed by atoms with E-state index in [1.807, 2.05) is 6.92 Å². The maximum Gasteiger partial charge on any atom is 0.284 e. The third-order valence-electron chi connectivity index (χ3n) is 5.11. The van der Waals surface area contributed by atoms with Gasteiger partial charge in [0, 0.05) is 29.8 Å². The van der Waals surface area contributed by atoms with Gasteiger partial charge < -0.3 is 9.30 Å². The summed E-state index contributed by atoms with van der Waals surface area (Å²) >= 11 is 0. The number of hydrogen-bond donors (Lipinski definition) is 0. The summed E-state index contributed by atoms with van der Waals surface area (Å²) in [6.45, 7) is 1.83. The molecule has 0 spiro atoms. The van der Waals surface area contributed by atoms with Crippen molar-refractivity contribution in [1.82, 2.24) is 28.7 Å². The zero-order chi connectivity index (χ0) is 21.5. The van der Waals surface area contributed by atoms with Crippen molar-refractivity contribution in [2.75, 3.05) is 7.11 Å². The van der Waals surface area contributed by atoms with Crippen LogP contribution in [0.15, 0.2) is 72.3 Å². The van der Waals surface area contributed by atoms with Crippen molar-refractivity contribution in [1.29, 1.82) is 0 Å². The van der Waals surface area contributed by atoms with Gasteiger partial charge in [0.05, 0.1) is 12.8 Å². The third-order valence-corrected chi connectivity index (χ3v) is 5.11. The summed E-state index contributed by atoms with van der Waals surface area (Å²) in [6.07, 6.45) is 6.20. The first kappa shape index (κ1) is 18.7. The van der Waals surface area contributed by atoms with Gasteiger partial charge in [-0.15, -0.1) is 0 Å². The molecule has 0 radical (unpaired) electrons. The first-order chi connectivity index (χ1) is 15.1. The normalized spacial score (nSPS) is 11.2. The van der Waals surface area contributed by atoms with Gasteiger partial charge in [0.25, 0.3) is 5.56 Å². The number of aromatic nitrogens is 6. The second-order valence-corrected chi connectivity index (χ2v) is 6.88. The van der Waals surface area contributed by atoms with Crippen LogP contribution in [0.4, 0.5) is 4.39 Å². The van der Waals surface area contributed by atoms with E-state index in [9.17, 15) is 4.79 Å². The summed E-state index contributed by atoms with van der Waals surface area (Å²) in [5.74, 6) is 0.874. The lowest BCUT2D eigenvalue weighted by Gasteiger charge is -2.11. The zero-order valence-electron chi connectivity index (χ0n) is 16.7. The van der Waals surface area contributed by atoms with E-state index in [0.717, 1.165) is 5.82 Å². The van der Waals surface area contributed by atoms with Gasteiger partial charge in [-0.3, -0.25) is 13.9 Å². The van der Waals surface area contributed by atoms with Gasteiger partial charge in [-0.1, -0.05) is 0 Å². The van der Waals surface area contributed by atoms with Crippen molar-refractivity contribution in [2.24, 2.45) is 0 Å². The molecular weight excluding hydrogens is 399 g/mol. The number of methoxy groups -OCH3 is 1. The maximum atomic E-state index is 15.0. The minimum absolute atomic E-state index is 0.100. The Morgan fingerprint density at radius 2 is 1.61 bits per heavy atom. The van der Waals surface area contributed by atoms with E-state index >= 15 is 4.39 Å². The van der Waals surface area contributed by atoms with Crippen molar-refractivity contribution in [2.45, 2.75) is 6.92 Å². The Bertz CT molecular complexity index is 1470. The van der Waals surface area contributed by atoms with Crippen molar-refractivity contribution in [3.8, 4) is 22.8 Å². The lowest BCUT2D eigenvalue weighted by atomic mass is 10.2. The average molecular weight is 416 g/mol. The minimum Gasteiger partial charge on any atom is -0.497 e. The van der Waals surface area contributed by atoms with E-state index in [-0.39, 0.29) is 16.9 Å². The van der Waals surface area contributed by atoms with E-state index in [1.54, 1.807) is 65.0 Å². The quantitative estimate of drug-likeness (QED) is 0.450. The summed E-state index contributed by atoms with van der Waals surface area (Å²) in [6, 6.07) is 11.8. The van der Waals surface area contributed by atoms with Crippen LogP contribution in [0.3, 0.4) is 0 Å². The predicted octanol–water partition coefficient (Wildman–Crippen LogP) is 3.21. The number of halogens is 1. The molecule has 9 heteroatoms. The fourth-order valence-corrected chi connectivity index (χ4v) is 3.51. The summed E-state index contributed by atoms with van der Waals surface area (Å²) in [5, 5.41) is 0. The zero-order valence-corrected chi connectivity index (χ0v) is 16.7. The molecule has 0 saturated heterocycles. The van der Waals surface area contributed by atoms with Crippen LogP contribution in [0.2, 0.25) is 0 Å². The van der Waals surface area contributed by atoms with Crippen LogP contribution in [0, 0.1) is 12.7 Å². The molecular formula is C22H17FN6O2. The van der Waals surface area contributed by atoms with Crippen LogP contribution in [0.5, 0.6) is 5.75 Å². The second kappa shape index (κ2) is 7.21. The molecule has 0 saturated carbocycles. The standard InChI is InChI=1S/C22H17FN6O2/c1-14-24-9-10-27(14)16-5-8-19(18(23)11-16)29-13-26-21-20(22(29)30)28(12-25-21)15-3-6-17(31-2)7-4-15/h3-13H,1-2H3. The van der Waals surface area contributed by atoms with Crippen LogP contribution in [-0.2, 0) is 0 Å². The van der Waals surface area contributed by atoms with Gasteiger partial charge in [-0.25, -0.2) is 19.3 Å². The highest BCUT2D eigenvalue weighted by molar-refractivity contribution is 5.72. The van der Waals surface area contributed by atoms with Crippen molar-refractivity contribution in [3.05, 3.63) is 89.5 Å². The number of imidazole rings is 2. The molecule has 31 heavy (non-hydrogen) atoms. The molecule has 0 aliphatic heterocycles. The third kappa shape index (κ3) is 3.07. The van der Waals surface area contributed by atoms with E-state index < -0.39 is 11.4 Å². The van der Waals surface area contributed by atoms with E-state index in [4.69, 9.17) is 4.74 Å². The molecule has 3 aromatic heterocycles. The van der Waals surface area contributed by atoms with Gasteiger partial charge in [0.2, 0.25) is 0 Å². The number of hydrogen-bond acceptors (Lipinski definition) is 5. The molecule has 0 amide bonds. The van der Waals surface area contributed by atoms with Crippen molar-refractivity contribution >= 4 is 11.2 Å². The number of aryl methyl sites for hydroxylation is 1. The predicted molar refractivity (Wildman–Crippen MR) is 113 cm³/mol. The molecule has 3 heterocycles. The topological polar surface area (TPSA) is 79.8 Å². The van der Waals surface area contributed by atoms with E-state index in [2.05, 4.69) is 15.0 Å². The molecule has 0 atom stereocenters. The fourth-order valence-electron chi connectivity index (χ4n) is 3.51. The van der Waals surface area contributed by atoms with Crippen molar-refractivity contribution in [3.63, 3.8) is 0 Å². The molecule has 0 fully saturated rings. The Kier molecular flexibility index (Phi) is 4.36. The highest BCUT2D eigenvalue weighted by Gasteiger charge is 2.16. The number of ether oxygens (including phenoxy) is 1. The number of nitrogens with zero attached hydrogens (tertiary/aromatic N) is 6. The molecule has 0 unspecified atom stereocenters. The Hall–Kier alpha value is -4.27.